The van der Waals surface area contributed by atoms with Gasteiger partial charge in [0.2, 0.25) is 5.91 Å². The number of nitrogens with zero attached hydrogens (tertiary/aromatic N) is 5. The topological polar surface area (TPSA) is 101 Å². The van der Waals surface area contributed by atoms with Crippen LogP contribution in [0, 0.1) is 0 Å². The normalized spacial score (nSPS) is 10.9. The van der Waals surface area contributed by atoms with Gasteiger partial charge >= 0.3 is 0 Å². The molecule has 0 saturated heterocycles. The number of tetrazole rings is 1. The Bertz CT molecular complexity index is 974. The number of hydrogen-bond donors (Lipinski definition) is 2. The average Bonchev–Trinajstić information content (AvgIpc) is 3.29. The lowest BCUT2D eigenvalue weighted by molar-refractivity contribution is -0.116. The minimum Gasteiger partial charge on any atom is -0.342 e. The van der Waals surface area contributed by atoms with Crippen molar-refractivity contribution in [3.8, 4) is 5.69 Å². The summed E-state index contributed by atoms with van der Waals surface area (Å²) in [6.07, 6.45) is 2.39. The van der Waals surface area contributed by atoms with Gasteiger partial charge in [-0.25, -0.2) is 9.67 Å². The Hall–Kier alpha value is -3.55. The van der Waals surface area contributed by atoms with Gasteiger partial charge in [-0.3, -0.25) is 4.79 Å². The van der Waals surface area contributed by atoms with Crippen LogP contribution in [-0.2, 0) is 11.2 Å². The van der Waals surface area contributed by atoms with Crippen molar-refractivity contribution in [1.29, 1.82) is 0 Å². The Labute approximate surface area is 142 Å². The summed E-state index contributed by atoms with van der Waals surface area (Å²) in [5.74, 6) is 0.730. The Balaban J connectivity index is 1.39. The molecule has 25 heavy (non-hydrogen) atoms. The molecule has 4 rings (SSSR count). The number of imidazole rings is 1. The molecule has 0 aliphatic rings. The van der Waals surface area contributed by atoms with Gasteiger partial charge in [0, 0.05) is 18.5 Å². The molecule has 0 spiro atoms. The highest BCUT2D eigenvalue weighted by Gasteiger charge is 2.07. The van der Waals surface area contributed by atoms with Crippen molar-refractivity contribution >= 4 is 22.6 Å². The van der Waals surface area contributed by atoms with Gasteiger partial charge in [0.15, 0.2) is 0 Å². The molecule has 8 nitrogen and oxygen atoms in total. The zero-order valence-electron chi connectivity index (χ0n) is 13.3. The predicted molar refractivity (Wildman–Crippen MR) is 92.2 cm³/mol. The molecule has 0 atom stereocenters. The number of fused-ring (bicyclic) bond motifs is 1. The molecular weight excluding hydrogens is 318 g/mol. The number of carbonyl (C=O) groups is 1. The number of benzene rings is 2. The minimum atomic E-state index is -0.0747. The van der Waals surface area contributed by atoms with Crippen molar-refractivity contribution in [2.24, 2.45) is 0 Å². The fraction of sp³-hybridized carbons (Fsp3) is 0.118. The maximum absolute atomic E-state index is 12.2. The third-order valence-electron chi connectivity index (χ3n) is 3.77. The Morgan fingerprint density at radius 3 is 2.92 bits per heavy atom. The zero-order chi connectivity index (χ0) is 17.1. The van der Waals surface area contributed by atoms with E-state index in [0.717, 1.165) is 22.5 Å². The van der Waals surface area contributed by atoms with E-state index < -0.39 is 0 Å². The number of anilines is 1. The van der Waals surface area contributed by atoms with Gasteiger partial charge in [0.05, 0.1) is 16.7 Å². The number of aryl methyl sites for hydroxylation is 1. The fourth-order valence-corrected chi connectivity index (χ4v) is 2.59. The van der Waals surface area contributed by atoms with E-state index in [1.54, 1.807) is 0 Å². The largest absolute Gasteiger partial charge is 0.342 e. The second kappa shape index (κ2) is 6.52. The van der Waals surface area contributed by atoms with Crippen LogP contribution in [0.15, 0.2) is 54.9 Å². The van der Waals surface area contributed by atoms with E-state index >= 15 is 0 Å². The van der Waals surface area contributed by atoms with Crippen molar-refractivity contribution in [2.45, 2.75) is 12.8 Å². The minimum absolute atomic E-state index is 0.0747. The summed E-state index contributed by atoms with van der Waals surface area (Å²) in [6, 6.07) is 15.1. The van der Waals surface area contributed by atoms with E-state index in [1.165, 1.54) is 11.0 Å². The van der Waals surface area contributed by atoms with Gasteiger partial charge in [-0.2, -0.15) is 0 Å². The van der Waals surface area contributed by atoms with E-state index in [4.69, 9.17) is 0 Å². The molecular formula is C17H15N7O. The molecule has 4 aromatic rings. The van der Waals surface area contributed by atoms with Crippen LogP contribution in [0.3, 0.4) is 0 Å². The third kappa shape index (κ3) is 3.37. The molecule has 0 saturated carbocycles. The lowest BCUT2D eigenvalue weighted by Gasteiger charge is -2.06. The van der Waals surface area contributed by atoms with Crippen LogP contribution in [0.4, 0.5) is 5.69 Å². The molecule has 0 fully saturated rings. The number of amides is 1. The molecule has 1 amide bonds. The molecule has 2 aromatic carbocycles. The van der Waals surface area contributed by atoms with Crippen LogP contribution in [0.1, 0.15) is 12.2 Å². The van der Waals surface area contributed by atoms with Crippen LogP contribution in [-0.4, -0.2) is 36.1 Å². The van der Waals surface area contributed by atoms with E-state index in [2.05, 4.69) is 30.8 Å². The number of aromatic nitrogens is 6. The van der Waals surface area contributed by atoms with Gasteiger partial charge in [0.25, 0.3) is 0 Å². The monoisotopic (exact) mass is 333 g/mol. The highest BCUT2D eigenvalue weighted by molar-refractivity contribution is 5.91. The second-order valence-electron chi connectivity index (χ2n) is 5.55. The molecule has 2 N–H and O–H groups in total. The number of H-pyrrole nitrogens is 1. The van der Waals surface area contributed by atoms with Gasteiger partial charge in [-0.1, -0.05) is 18.2 Å². The lowest BCUT2D eigenvalue weighted by atomic mass is 10.2. The average molecular weight is 333 g/mol. The summed E-state index contributed by atoms with van der Waals surface area (Å²) < 4.78 is 1.53. The summed E-state index contributed by atoms with van der Waals surface area (Å²) in [6.45, 7) is 0. The first-order valence-electron chi connectivity index (χ1n) is 7.85. The second-order valence-corrected chi connectivity index (χ2v) is 5.55. The van der Waals surface area contributed by atoms with Crippen molar-refractivity contribution in [1.82, 2.24) is 30.2 Å². The summed E-state index contributed by atoms with van der Waals surface area (Å²) in [5.41, 5.74) is 3.36. The van der Waals surface area contributed by atoms with Crippen molar-refractivity contribution < 1.29 is 4.79 Å². The Morgan fingerprint density at radius 1 is 1.16 bits per heavy atom. The molecule has 8 heteroatoms. The summed E-state index contributed by atoms with van der Waals surface area (Å²) in [5, 5.41) is 13.9. The summed E-state index contributed by atoms with van der Waals surface area (Å²) in [4.78, 5) is 19.9. The van der Waals surface area contributed by atoms with Crippen LogP contribution in [0.5, 0.6) is 0 Å². The van der Waals surface area contributed by atoms with Crippen molar-refractivity contribution in [3.63, 3.8) is 0 Å². The molecule has 0 unspecified atom stereocenters. The van der Waals surface area contributed by atoms with E-state index in [9.17, 15) is 4.79 Å². The highest BCUT2D eigenvalue weighted by atomic mass is 16.1. The van der Waals surface area contributed by atoms with Crippen LogP contribution in [0.25, 0.3) is 16.7 Å². The fourth-order valence-electron chi connectivity index (χ4n) is 2.59. The van der Waals surface area contributed by atoms with Crippen molar-refractivity contribution in [3.05, 3.63) is 60.7 Å². The van der Waals surface area contributed by atoms with Crippen LogP contribution < -0.4 is 5.32 Å². The SMILES string of the molecule is O=C(CCc1nc2ccccc2[nH]1)Nc1cccc(-n2cnnn2)c1. The maximum atomic E-state index is 12.2. The van der Waals surface area contributed by atoms with E-state index in [0.29, 0.717) is 18.5 Å². The standard InChI is InChI=1S/C17H15N7O/c25-17(9-8-16-20-14-6-1-2-7-15(14)21-16)19-12-4-3-5-13(10-12)24-11-18-22-23-24/h1-7,10-11H,8-9H2,(H,19,25)(H,20,21). The number of para-hydroxylation sites is 2. The van der Waals surface area contributed by atoms with Crippen molar-refractivity contribution in [2.75, 3.05) is 5.32 Å². The van der Waals surface area contributed by atoms with Crippen LogP contribution in [0.2, 0.25) is 0 Å². The quantitative estimate of drug-likeness (QED) is 0.582. The van der Waals surface area contributed by atoms with Gasteiger partial charge in [-0.05, 0) is 40.8 Å². The van der Waals surface area contributed by atoms with E-state index in [-0.39, 0.29) is 5.91 Å². The smallest absolute Gasteiger partial charge is 0.224 e. The molecule has 0 aliphatic heterocycles. The van der Waals surface area contributed by atoms with Gasteiger partial charge < -0.3 is 10.3 Å². The first-order valence-corrected chi connectivity index (χ1v) is 7.85. The number of carbonyl (C=O) groups excluding carboxylic acids is 1. The molecule has 2 heterocycles. The number of hydrogen-bond acceptors (Lipinski definition) is 5. The summed E-state index contributed by atoms with van der Waals surface area (Å²) >= 11 is 0. The Morgan fingerprint density at radius 2 is 2.08 bits per heavy atom. The zero-order valence-corrected chi connectivity index (χ0v) is 13.3. The Kier molecular flexibility index (Phi) is 3.91. The molecule has 0 aliphatic carbocycles. The molecule has 0 radical (unpaired) electrons. The first-order chi connectivity index (χ1) is 12.3. The number of rotatable bonds is 5. The highest BCUT2D eigenvalue weighted by Crippen LogP contribution is 2.15. The lowest BCUT2D eigenvalue weighted by Crippen LogP contribution is -2.13. The maximum Gasteiger partial charge on any atom is 0.224 e. The molecule has 2 aromatic heterocycles. The molecule has 124 valence electrons. The first kappa shape index (κ1) is 15.0. The molecule has 0 bridgehead atoms. The number of nitrogens with one attached hydrogen (secondary N) is 2. The summed E-state index contributed by atoms with van der Waals surface area (Å²) in [7, 11) is 0. The predicted octanol–water partition coefficient (Wildman–Crippen LogP) is 2.11. The van der Waals surface area contributed by atoms with E-state index in [1.807, 2.05) is 48.5 Å². The van der Waals surface area contributed by atoms with Gasteiger partial charge in [-0.15, -0.1) is 5.10 Å². The van der Waals surface area contributed by atoms with Gasteiger partial charge in [0.1, 0.15) is 12.2 Å². The van der Waals surface area contributed by atoms with Crippen LogP contribution >= 0.6 is 0 Å². The number of aromatic amines is 1. The third-order valence-corrected chi connectivity index (χ3v) is 3.77.